The van der Waals surface area contributed by atoms with Crippen LogP contribution in [-0.4, -0.2) is 72.0 Å². The molecular weight excluding hydrogens is 650 g/mol. The average Bonchev–Trinajstić information content (AvgIpc) is 2.97. The zero-order valence-corrected chi connectivity index (χ0v) is 27.3. The third-order valence-electron chi connectivity index (χ3n) is 6.11. The summed E-state index contributed by atoms with van der Waals surface area (Å²) in [5.41, 5.74) is 1.07. The van der Waals surface area contributed by atoms with Crippen molar-refractivity contribution in [1.29, 1.82) is 0 Å². The highest BCUT2D eigenvalue weighted by molar-refractivity contribution is 7.70. The lowest BCUT2D eigenvalue weighted by atomic mass is 9.98. The standard InChI is InChI=1S/C29H36O15P2/c1-19(30)37-17-25-26(40-20(2)31)27(41-21(3)32)28(42-22(4)33)29(43-25)44-46(36,39-16-24-13-9-6-10-14-24)18-45(34,35)38-15-23-11-7-5-8-12-23/h5-14,25-29H,15-18H2,1-4H3,(H,34,35)/t25-,26-,27+,28+,29?,46?/m1/s1. The van der Waals surface area contributed by atoms with Gasteiger partial charge >= 0.3 is 39.1 Å². The Labute approximate surface area is 265 Å². The summed E-state index contributed by atoms with van der Waals surface area (Å²) in [5.74, 6) is -4.61. The molecular formula is C29H36O15P2. The molecule has 2 aromatic carbocycles. The summed E-state index contributed by atoms with van der Waals surface area (Å²) in [4.78, 5) is 58.7. The van der Waals surface area contributed by atoms with Crippen molar-refractivity contribution >= 4 is 39.1 Å². The van der Waals surface area contributed by atoms with Crippen LogP contribution in [0.3, 0.4) is 0 Å². The second-order valence-electron chi connectivity index (χ2n) is 10.1. The van der Waals surface area contributed by atoms with Crippen LogP contribution in [0.2, 0.25) is 0 Å². The van der Waals surface area contributed by atoms with Gasteiger partial charge < -0.3 is 37.6 Å². The summed E-state index contributed by atoms with van der Waals surface area (Å²) in [6.07, 6.45) is -8.26. The summed E-state index contributed by atoms with van der Waals surface area (Å²) in [5, 5.41) is 0. The van der Waals surface area contributed by atoms with Crippen LogP contribution >= 0.6 is 15.2 Å². The number of carbonyl (C=O) groups excluding carboxylic acids is 4. The van der Waals surface area contributed by atoms with Crippen LogP contribution in [0.4, 0.5) is 0 Å². The van der Waals surface area contributed by atoms with Gasteiger partial charge in [-0.15, -0.1) is 0 Å². The molecule has 1 fully saturated rings. The molecule has 46 heavy (non-hydrogen) atoms. The number of esters is 4. The normalized spacial score (nSPS) is 23.6. The predicted molar refractivity (Wildman–Crippen MR) is 158 cm³/mol. The smallest absolute Gasteiger partial charge is 0.345 e. The maximum Gasteiger partial charge on any atom is 0.345 e. The van der Waals surface area contributed by atoms with Gasteiger partial charge in [0, 0.05) is 27.7 Å². The summed E-state index contributed by atoms with van der Waals surface area (Å²) >= 11 is 0. The molecule has 0 spiro atoms. The van der Waals surface area contributed by atoms with E-state index >= 15 is 0 Å². The van der Waals surface area contributed by atoms with E-state index in [9.17, 15) is 33.2 Å². The number of hydrogen-bond donors (Lipinski definition) is 1. The minimum atomic E-state index is -4.76. The Morgan fingerprint density at radius 3 is 1.67 bits per heavy atom. The quantitative estimate of drug-likeness (QED) is 0.161. The van der Waals surface area contributed by atoms with Gasteiger partial charge in [-0.25, -0.2) is 0 Å². The summed E-state index contributed by atoms with van der Waals surface area (Å²) in [6, 6.07) is 16.8. The molecule has 1 N–H and O–H groups in total. The van der Waals surface area contributed by atoms with E-state index in [1.807, 2.05) is 0 Å². The van der Waals surface area contributed by atoms with Gasteiger partial charge in [0.25, 0.3) is 0 Å². The van der Waals surface area contributed by atoms with E-state index in [4.69, 9.17) is 37.3 Å². The number of ether oxygens (including phenoxy) is 5. The molecule has 0 saturated carbocycles. The first-order chi connectivity index (χ1) is 21.7. The van der Waals surface area contributed by atoms with Gasteiger partial charge in [-0.3, -0.25) is 32.8 Å². The number of rotatable bonds is 15. The van der Waals surface area contributed by atoms with Crippen molar-refractivity contribution < 1.29 is 70.5 Å². The lowest BCUT2D eigenvalue weighted by molar-refractivity contribution is -0.290. The molecule has 17 heteroatoms. The monoisotopic (exact) mass is 686 g/mol. The van der Waals surface area contributed by atoms with E-state index in [2.05, 4.69) is 0 Å². The fourth-order valence-corrected chi connectivity index (χ4v) is 8.21. The van der Waals surface area contributed by atoms with E-state index in [0.29, 0.717) is 11.1 Å². The van der Waals surface area contributed by atoms with Gasteiger partial charge in [0.1, 0.15) is 12.7 Å². The Morgan fingerprint density at radius 1 is 0.696 bits per heavy atom. The van der Waals surface area contributed by atoms with Crippen LogP contribution in [0.1, 0.15) is 38.8 Å². The second-order valence-corrected chi connectivity index (χ2v) is 14.4. The predicted octanol–water partition coefficient (Wildman–Crippen LogP) is 3.86. The van der Waals surface area contributed by atoms with Crippen molar-refractivity contribution in [1.82, 2.24) is 0 Å². The van der Waals surface area contributed by atoms with Crippen molar-refractivity contribution in [2.24, 2.45) is 0 Å². The largest absolute Gasteiger partial charge is 0.463 e. The molecule has 0 aromatic heterocycles. The lowest BCUT2D eigenvalue weighted by Gasteiger charge is -2.44. The van der Waals surface area contributed by atoms with Crippen LogP contribution in [-0.2, 0) is 78.8 Å². The van der Waals surface area contributed by atoms with Gasteiger partial charge in [0.05, 0.1) is 13.2 Å². The molecule has 7 atom stereocenters. The van der Waals surface area contributed by atoms with Gasteiger partial charge in [-0.05, 0) is 11.1 Å². The first kappa shape index (κ1) is 37.0. The highest BCUT2D eigenvalue weighted by atomic mass is 31.2. The van der Waals surface area contributed by atoms with Gasteiger partial charge in [0.15, 0.2) is 24.2 Å². The van der Waals surface area contributed by atoms with E-state index in [1.165, 1.54) is 0 Å². The average molecular weight is 687 g/mol. The van der Waals surface area contributed by atoms with E-state index < -0.39 is 82.3 Å². The molecule has 0 radical (unpaired) electrons. The molecule has 1 heterocycles. The van der Waals surface area contributed by atoms with Crippen molar-refractivity contribution in [3.05, 3.63) is 71.8 Å². The Hall–Kier alpha value is -3.42. The zero-order chi connectivity index (χ0) is 33.9. The Bertz CT molecular complexity index is 1430. The molecule has 2 aromatic rings. The molecule has 1 aliphatic rings. The van der Waals surface area contributed by atoms with E-state index in [0.717, 1.165) is 27.7 Å². The maximum absolute atomic E-state index is 14.3. The van der Waals surface area contributed by atoms with Crippen LogP contribution < -0.4 is 0 Å². The topological polar surface area (TPSA) is 196 Å². The first-order valence-corrected chi connectivity index (χ1v) is 17.4. The Morgan fingerprint density at radius 2 is 1.17 bits per heavy atom. The Balaban J connectivity index is 2.00. The van der Waals surface area contributed by atoms with Crippen LogP contribution in [0.15, 0.2) is 60.7 Å². The van der Waals surface area contributed by atoms with Gasteiger partial charge in [-0.2, -0.15) is 0 Å². The first-order valence-electron chi connectivity index (χ1n) is 13.9. The van der Waals surface area contributed by atoms with Gasteiger partial charge in [-0.1, -0.05) is 60.7 Å². The molecule has 3 unspecified atom stereocenters. The van der Waals surface area contributed by atoms with E-state index in [-0.39, 0.29) is 13.2 Å². The minimum absolute atomic E-state index is 0.313. The fourth-order valence-electron chi connectivity index (χ4n) is 4.29. The number of carbonyl (C=O) groups is 4. The third kappa shape index (κ3) is 12.1. The van der Waals surface area contributed by atoms with Crippen molar-refractivity contribution in [3.63, 3.8) is 0 Å². The lowest BCUT2D eigenvalue weighted by Crippen LogP contribution is -2.62. The molecule has 252 valence electrons. The molecule has 1 saturated heterocycles. The Kier molecular flexibility index (Phi) is 13.6. The zero-order valence-electron chi connectivity index (χ0n) is 25.5. The van der Waals surface area contributed by atoms with Gasteiger partial charge in [0.2, 0.25) is 6.29 Å². The molecule has 15 nitrogen and oxygen atoms in total. The molecule has 0 aliphatic carbocycles. The second kappa shape index (κ2) is 16.9. The summed E-state index contributed by atoms with van der Waals surface area (Å²) in [6.45, 7) is 2.94. The van der Waals surface area contributed by atoms with Crippen LogP contribution in [0.25, 0.3) is 0 Å². The van der Waals surface area contributed by atoms with Crippen LogP contribution in [0, 0.1) is 0 Å². The maximum atomic E-state index is 14.3. The van der Waals surface area contributed by atoms with Crippen molar-refractivity contribution in [3.8, 4) is 0 Å². The van der Waals surface area contributed by atoms with Crippen LogP contribution in [0.5, 0.6) is 0 Å². The summed E-state index contributed by atoms with van der Waals surface area (Å²) in [7, 11) is -9.49. The highest BCUT2D eigenvalue weighted by Gasteiger charge is 2.55. The molecule has 0 amide bonds. The summed E-state index contributed by atoms with van der Waals surface area (Å²) < 4.78 is 71.1. The highest BCUT2D eigenvalue weighted by Crippen LogP contribution is 2.63. The third-order valence-corrected chi connectivity index (χ3v) is 10.5. The van der Waals surface area contributed by atoms with Crippen molar-refractivity contribution in [2.75, 3.05) is 12.5 Å². The number of benzene rings is 2. The fraction of sp³-hybridized carbons (Fsp3) is 0.448. The number of hydrogen-bond acceptors (Lipinski definition) is 14. The van der Waals surface area contributed by atoms with E-state index in [1.54, 1.807) is 60.7 Å². The molecule has 1 aliphatic heterocycles. The SMILES string of the molecule is CC(=O)OC[C@H]1OC(OP(=O)(CP(=O)(O)OCc2ccccc2)OCc2ccccc2)[C@@H](OC(C)=O)[C@@H](OC(C)=O)[C@@H]1OC(C)=O. The molecule has 3 rings (SSSR count). The molecule has 0 bridgehead atoms. The van der Waals surface area contributed by atoms with Crippen molar-refractivity contribution in [2.45, 2.75) is 71.6 Å². The minimum Gasteiger partial charge on any atom is -0.463 e.